The van der Waals surface area contributed by atoms with Crippen LogP contribution in [0.5, 0.6) is 0 Å². The second kappa shape index (κ2) is 7.79. The van der Waals surface area contributed by atoms with Gasteiger partial charge in [0, 0.05) is 17.5 Å². The van der Waals surface area contributed by atoms with Crippen molar-refractivity contribution in [3.8, 4) is 0 Å². The van der Waals surface area contributed by atoms with Gasteiger partial charge in [0.05, 0.1) is 11.3 Å². The summed E-state index contributed by atoms with van der Waals surface area (Å²) in [6, 6.07) is 7.40. The van der Waals surface area contributed by atoms with Gasteiger partial charge >= 0.3 is 0 Å². The molecule has 1 heterocycles. The van der Waals surface area contributed by atoms with Crippen LogP contribution in [-0.2, 0) is 6.54 Å². The van der Waals surface area contributed by atoms with Crippen molar-refractivity contribution in [2.75, 3.05) is 6.26 Å². The lowest BCUT2D eigenvalue weighted by atomic mass is 10.1. The monoisotopic (exact) mass is 349 g/mol. The fraction of sp³-hybridized carbons (Fsp3) is 0.353. The number of thioether (sulfide) groups is 1. The van der Waals surface area contributed by atoms with Crippen molar-refractivity contribution in [2.24, 2.45) is 0 Å². The van der Waals surface area contributed by atoms with Crippen molar-refractivity contribution >= 4 is 29.3 Å². The third kappa shape index (κ3) is 4.45. The Hall–Kier alpha value is -1.59. The number of amides is 1. The summed E-state index contributed by atoms with van der Waals surface area (Å²) < 4.78 is 0. The molecule has 0 aliphatic heterocycles. The van der Waals surface area contributed by atoms with Crippen molar-refractivity contribution in [3.63, 3.8) is 0 Å². The predicted octanol–water partition coefficient (Wildman–Crippen LogP) is 4.21. The Bertz CT molecular complexity index is 702. The van der Waals surface area contributed by atoms with Crippen LogP contribution in [0.25, 0.3) is 0 Å². The lowest BCUT2D eigenvalue weighted by Crippen LogP contribution is -2.25. The molecule has 1 N–H and O–H groups in total. The van der Waals surface area contributed by atoms with E-state index in [4.69, 9.17) is 11.6 Å². The molecule has 2 aromatic rings. The number of nitrogens with one attached hydrogen (secondary N) is 1. The van der Waals surface area contributed by atoms with E-state index < -0.39 is 0 Å². The van der Waals surface area contributed by atoms with E-state index in [9.17, 15) is 4.79 Å². The molecule has 23 heavy (non-hydrogen) atoms. The number of benzene rings is 1. The van der Waals surface area contributed by atoms with E-state index >= 15 is 0 Å². The van der Waals surface area contributed by atoms with Crippen LogP contribution in [0.15, 0.2) is 29.3 Å². The van der Waals surface area contributed by atoms with Gasteiger partial charge in [-0.1, -0.05) is 37.6 Å². The Morgan fingerprint density at radius 2 is 1.91 bits per heavy atom. The zero-order chi connectivity index (χ0) is 17.0. The molecule has 0 atom stereocenters. The van der Waals surface area contributed by atoms with E-state index in [1.165, 1.54) is 11.8 Å². The average Bonchev–Trinajstić information content (AvgIpc) is 2.53. The number of carbonyl (C=O) groups excluding carboxylic acids is 1. The molecule has 6 heteroatoms. The summed E-state index contributed by atoms with van der Waals surface area (Å²) in [6.07, 6.45) is 1.92. The first-order valence-electron chi connectivity index (χ1n) is 7.37. The highest BCUT2D eigenvalue weighted by molar-refractivity contribution is 7.98. The maximum absolute atomic E-state index is 12.5. The molecule has 0 aliphatic carbocycles. The zero-order valence-electron chi connectivity index (χ0n) is 13.7. The van der Waals surface area contributed by atoms with Gasteiger partial charge in [-0.25, -0.2) is 9.97 Å². The Morgan fingerprint density at radius 3 is 2.48 bits per heavy atom. The first kappa shape index (κ1) is 17.8. The number of nitrogens with zero attached hydrogens (tertiary/aromatic N) is 2. The van der Waals surface area contributed by atoms with E-state index in [0.29, 0.717) is 22.8 Å². The summed E-state index contributed by atoms with van der Waals surface area (Å²) in [7, 11) is 0. The summed E-state index contributed by atoms with van der Waals surface area (Å²) in [5.41, 5.74) is 2.25. The molecule has 0 bridgehead atoms. The van der Waals surface area contributed by atoms with Gasteiger partial charge in [0.1, 0.15) is 10.9 Å². The molecule has 0 unspecified atom stereocenters. The third-order valence-corrected chi connectivity index (χ3v) is 4.31. The lowest BCUT2D eigenvalue weighted by molar-refractivity contribution is 0.0946. The lowest BCUT2D eigenvalue weighted by Gasteiger charge is -2.13. The largest absolute Gasteiger partial charge is 0.348 e. The number of aryl methyl sites for hydroxylation is 1. The summed E-state index contributed by atoms with van der Waals surface area (Å²) in [5, 5.41) is 4.32. The number of halogens is 1. The molecule has 0 spiro atoms. The van der Waals surface area contributed by atoms with Crippen LogP contribution in [-0.4, -0.2) is 22.1 Å². The molecule has 1 amide bonds. The number of hydrogen-bond acceptors (Lipinski definition) is 4. The van der Waals surface area contributed by atoms with E-state index in [1.807, 2.05) is 51.3 Å². The standard InChI is InChI=1S/C17H20ClN3OS/c1-10(2)15-20-11(3)14(17(21-15)23-4)16(22)19-9-12-5-7-13(18)8-6-12/h5-8,10H,9H2,1-4H3,(H,19,22). The topological polar surface area (TPSA) is 54.9 Å². The minimum absolute atomic E-state index is 0.155. The first-order chi connectivity index (χ1) is 10.9. The molecule has 1 aromatic carbocycles. The minimum Gasteiger partial charge on any atom is -0.348 e. The van der Waals surface area contributed by atoms with Gasteiger partial charge in [-0.2, -0.15) is 0 Å². The smallest absolute Gasteiger partial charge is 0.256 e. The summed E-state index contributed by atoms with van der Waals surface area (Å²) in [5.74, 6) is 0.837. The van der Waals surface area contributed by atoms with Gasteiger partial charge in [0.2, 0.25) is 0 Å². The Labute approximate surface area is 146 Å². The van der Waals surface area contributed by atoms with Crippen LogP contribution in [0.3, 0.4) is 0 Å². The number of aromatic nitrogens is 2. The minimum atomic E-state index is -0.155. The highest BCUT2D eigenvalue weighted by Crippen LogP contribution is 2.23. The van der Waals surface area contributed by atoms with Crippen molar-refractivity contribution < 1.29 is 4.79 Å². The molecule has 0 saturated heterocycles. The Balaban J connectivity index is 2.19. The van der Waals surface area contributed by atoms with Gasteiger partial charge in [-0.15, -0.1) is 11.8 Å². The molecular weight excluding hydrogens is 330 g/mol. The van der Waals surface area contributed by atoms with Crippen LogP contribution in [0, 0.1) is 6.92 Å². The second-order valence-corrected chi connectivity index (χ2v) is 6.75. The van der Waals surface area contributed by atoms with Gasteiger partial charge in [-0.05, 0) is 30.9 Å². The summed E-state index contributed by atoms with van der Waals surface area (Å²) in [4.78, 5) is 21.5. The highest BCUT2D eigenvalue weighted by Gasteiger charge is 2.19. The fourth-order valence-electron chi connectivity index (χ4n) is 2.11. The van der Waals surface area contributed by atoms with Crippen molar-refractivity contribution in [1.82, 2.24) is 15.3 Å². The fourth-order valence-corrected chi connectivity index (χ4v) is 2.86. The van der Waals surface area contributed by atoms with Crippen LogP contribution in [0.1, 0.15) is 47.2 Å². The third-order valence-electron chi connectivity index (χ3n) is 3.38. The molecular formula is C17H20ClN3OS. The van der Waals surface area contributed by atoms with Crippen LogP contribution in [0.2, 0.25) is 5.02 Å². The Kier molecular flexibility index (Phi) is 6.02. The van der Waals surface area contributed by atoms with Gasteiger partial charge in [0.25, 0.3) is 5.91 Å². The van der Waals surface area contributed by atoms with Gasteiger partial charge in [-0.3, -0.25) is 4.79 Å². The first-order valence-corrected chi connectivity index (χ1v) is 8.97. The molecule has 4 nitrogen and oxygen atoms in total. The van der Waals surface area contributed by atoms with Crippen molar-refractivity contribution in [1.29, 1.82) is 0 Å². The average molecular weight is 350 g/mol. The predicted molar refractivity (Wildman–Crippen MR) is 95.3 cm³/mol. The number of carbonyl (C=O) groups is 1. The second-order valence-electron chi connectivity index (χ2n) is 5.52. The molecule has 0 fully saturated rings. The van der Waals surface area contributed by atoms with Gasteiger partial charge in [0.15, 0.2) is 0 Å². The van der Waals surface area contributed by atoms with Crippen LogP contribution in [0.4, 0.5) is 0 Å². The molecule has 2 rings (SSSR count). The number of hydrogen-bond donors (Lipinski definition) is 1. The molecule has 0 saturated carbocycles. The maximum Gasteiger partial charge on any atom is 0.256 e. The normalized spacial score (nSPS) is 10.9. The highest BCUT2D eigenvalue weighted by atomic mass is 35.5. The van der Waals surface area contributed by atoms with E-state index in [0.717, 1.165) is 16.4 Å². The molecule has 1 aromatic heterocycles. The summed E-state index contributed by atoms with van der Waals surface area (Å²) in [6.45, 7) is 6.37. The molecule has 122 valence electrons. The van der Waals surface area contributed by atoms with Crippen molar-refractivity contribution in [2.45, 2.75) is 38.3 Å². The SMILES string of the molecule is CSc1nc(C(C)C)nc(C)c1C(=O)NCc1ccc(Cl)cc1. The van der Waals surface area contributed by atoms with E-state index in [1.54, 1.807) is 0 Å². The summed E-state index contributed by atoms with van der Waals surface area (Å²) >= 11 is 7.33. The Morgan fingerprint density at radius 1 is 1.26 bits per heavy atom. The van der Waals surface area contributed by atoms with Crippen LogP contribution >= 0.6 is 23.4 Å². The molecule has 0 aliphatic rings. The quantitative estimate of drug-likeness (QED) is 0.648. The maximum atomic E-state index is 12.5. The van der Waals surface area contributed by atoms with E-state index in [2.05, 4.69) is 15.3 Å². The number of rotatable bonds is 5. The zero-order valence-corrected chi connectivity index (χ0v) is 15.3. The van der Waals surface area contributed by atoms with Crippen molar-refractivity contribution in [3.05, 3.63) is 51.9 Å². The van der Waals surface area contributed by atoms with Crippen LogP contribution < -0.4 is 5.32 Å². The van der Waals surface area contributed by atoms with Gasteiger partial charge < -0.3 is 5.32 Å². The molecule has 0 radical (unpaired) electrons. The van der Waals surface area contributed by atoms with E-state index in [-0.39, 0.29) is 11.8 Å².